The number of rotatable bonds is 3. The summed E-state index contributed by atoms with van der Waals surface area (Å²) in [7, 11) is 0. The zero-order chi connectivity index (χ0) is 18.8. The lowest BCUT2D eigenvalue weighted by Crippen LogP contribution is -2.37. The molecule has 27 heavy (non-hydrogen) atoms. The van der Waals surface area contributed by atoms with Gasteiger partial charge in [0.15, 0.2) is 0 Å². The van der Waals surface area contributed by atoms with Gasteiger partial charge in [0.2, 0.25) is 17.8 Å². The molecular weight excluding hydrogens is 346 g/mol. The summed E-state index contributed by atoms with van der Waals surface area (Å²) >= 11 is 0. The van der Waals surface area contributed by atoms with Crippen molar-refractivity contribution in [3.8, 4) is 22.5 Å². The number of ether oxygens (including phenoxy) is 1. The lowest BCUT2D eigenvalue weighted by Gasteiger charge is -2.28. The van der Waals surface area contributed by atoms with Gasteiger partial charge in [0, 0.05) is 54.6 Å². The van der Waals surface area contributed by atoms with Crippen LogP contribution in [-0.2, 0) is 4.74 Å². The van der Waals surface area contributed by atoms with E-state index in [4.69, 9.17) is 26.2 Å². The van der Waals surface area contributed by atoms with Crippen molar-refractivity contribution in [2.24, 2.45) is 0 Å². The van der Waals surface area contributed by atoms with Crippen LogP contribution in [0.2, 0.25) is 0 Å². The maximum atomic E-state index is 5.62. The first-order valence-electron chi connectivity index (χ1n) is 8.49. The summed E-state index contributed by atoms with van der Waals surface area (Å²) in [5.41, 5.74) is 15.1. The zero-order valence-electron chi connectivity index (χ0n) is 14.8. The number of hydrogen-bond donors (Lipinski definition) is 2. The first-order valence-corrected chi connectivity index (χ1v) is 8.49. The van der Waals surface area contributed by atoms with Gasteiger partial charge in [0.1, 0.15) is 0 Å². The standard InChI is InChI=1S/C17H19N9O/c1-10-13(11-6-20-15(18)21-7-11)24-17(26-2-4-27-5-3-26)25-14(10)12-8-22-16(19)23-9-12/h6-9H,2-5H2,1H3,(H2,18,20,21)(H2,19,22,23). The van der Waals surface area contributed by atoms with Crippen LogP contribution in [0.1, 0.15) is 5.56 Å². The number of anilines is 3. The number of nitrogens with zero attached hydrogens (tertiary/aromatic N) is 7. The smallest absolute Gasteiger partial charge is 0.226 e. The molecule has 1 aliphatic rings. The Morgan fingerprint density at radius 3 is 1.70 bits per heavy atom. The van der Waals surface area contributed by atoms with Crippen molar-refractivity contribution < 1.29 is 4.74 Å². The van der Waals surface area contributed by atoms with E-state index < -0.39 is 0 Å². The Hall–Kier alpha value is -3.40. The van der Waals surface area contributed by atoms with Gasteiger partial charge in [-0.05, 0) is 6.92 Å². The molecule has 0 bridgehead atoms. The fourth-order valence-electron chi connectivity index (χ4n) is 2.89. The molecule has 10 heteroatoms. The third kappa shape index (κ3) is 3.47. The Kier molecular flexibility index (Phi) is 4.47. The van der Waals surface area contributed by atoms with Crippen molar-refractivity contribution in [2.45, 2.75) is 6.92 Å². The van der Waals surface area contributed by atoms with Crippen molar-refractivity contribution in [2.75, 3.05) is 42.7 Å². The molecular formula is C17H19N9O. The van der Waals surface area contributed by atoms with Crippen molar-refractivity contribution in [3.63, 3.8) is 0 Å². The molecule has 138 valence electrons. The van der Waals surface area contributed by atoms with E-state index in [2.05, 4.69) is 24.8 Å². The van der Waals surface area contributed by atoms with Gasteiger partial charge in [0.05, 0.1) is 24.6 Å². The van der Waals surface area contributed by atoms with E-state index in [1.165, 1.54) is 0 Å². The van der Waals surface area contributed by atoms with E-state index >= 15 is 0 Å². The van der Waals surface area contributed by atoms with Crippen LogP contribution in [0.5, 0.6) is 0 Å². The Morgan fingerprint density at radius 2 is 1.26 bits per heavy atom. The number of nitrogen functional groups attached to an aromatic ring is 2. The Labute approximate surface area is 155 Å². The Balaban J connectivity index is 1.87. The fraction of sp³-hybridized carbons (Fsp3) is 0.294. The molecule has 0 aliphatic carbocycles. The van der Waals surface area contributed by atoms with E-state index in [9.17, 15) is 0 Å². The fourth-order valence-corrected chi connectivity index (χ4v) is 2.89. The van der Waals surface area contributed by atoms with Crippen LogP contribution < -0.4 is 16.4 Å². The zero-order valence-corrected chi connectivity index (χ0v) is 14.8. The first-order chi connectivity index (χ1) is 13.1. The second-order valence-corrected chi connectivity index (χ2v) is 6.11. The quantitative estimate of drug-likeness (QED) is 0.681. The summed E-state index contributed by atoms with van der Waals surface area (Å²) in [6.07, 6.45) is 6.63. The minimum absolute atomic E-state index is 0.214. The molecule has 3 aromatic rings. The molecule has 1 aliphatic heterocycles. The summed E-state index contributed by atoms with van der Waals surface area (Å²) in [6, 6.07) is 0. The summed E-state index contributed by atoms with van der Waals surface area (Å²) < 4.78 is 5.44. The highest BCUT2D eigenvalue weighted by molar-refractivity contribution is 5.73. The van der Waals surface area contributed by atoms with Crippen molar-refractivity contribution in [1.82, 2.24) is 29.9 Å². The van der Waals surface area contributed by atoms with Crippen LogP contribution in [0.15, 0.2) is 24.8 Å². The van der Waals surface area contributed by atoms with Crippen LogP contribution in [-0.4, -0.2) is 56.2 Å². The molecule has 1 fully saturated rings. The minimum atomic E-state index is 0.214. The molecule has 0 saturated carbocycles. The number of aromatic nitrogens is 6. The second kappa shape index (κ2) is 7.08. The molecule has 10 nitrogen and oxygen atoms in total. The van der Waals surface area contributed by atoms with Gasteiger partial charge in [-0.25, -0.2) is 29.9 Å². The lowest BCUT2D eigenvalue weighted by atomic mass is 10.0. The van der Waals surface area contributed by atoms with Crippen LogP contribution in [0.4, 0.5) is 17.8 Å². The van der Waals surface area contributed by atoms with Crippen LogP contribution in [0, 0.1) is 6.92 Å². The molecule has 0 spiro atoms. The van der Waals surface area contributed by atoms with Gasteiger partial charge in [-0.1, -0.05) is 0 Å². The summed E-state index contributed by atoms with van der Waals surface area (Å²) in [5.74, 6) is 1.04. The highest BCUT2D eigenvalue weighted by Gasteiger charge is 2.20. The molecule has 0 atom stereocenters. The van der Waals surface area contributed by atoms with Crippen LogP contribution in [0.25, 0.3) is 22.5 Å². The maximum Gasteiger partial charge on any atom is 0.226 e. The third-order valence-electron chi connectivity index (χ3n) is 4.32. The van der Waals surface area contributed by atoms with E-state index in [1.807, 2.05) is 6.92 Å². The number of morpholine rings is 1. The topological polar surface area (TPSA) is 142 Å². The van der Waals surface area contributed by atoms with Gasteiger partial charge in [-0.15, -0.1) is 0 Å². The maximum absolute atomic E-state index is 5.62. The highest BCUT2D eigenvalue weighted by atomic mass is 16.5. The largest absolute Gasteiger partial charge is 0.378 e. The van der Waals surface area contributed by atoms with E-state index in [0.717, 1.165) is 41.2 Å². The first kappa shape index (κ1) is 17.0. The summed E-state index contributed by atoms with van der Waals surface area (Å²) in [4.78, 5) is 28.0. The highest BCUT2D eigenvalue weighted by Crippen LogP contribution is 2.30. The van der Waals surface area contributed by atoms with Crippen molar-refractivity contribution >= 4 is 17.8 Å². The lowest BCUT2D eigenvalue weighted by molar-refractivity contribution is 0.122. The van der Waals surface area contributed by atoms with Gasteiger partial charge < -0.3 is 21.1 Å². The Bertz CT molecular complexity index is 871. The van der Waals surface area contributed by atoms with E-state index in [1.54, 1.807) is 24.8 Å². The summed E-state index contributed by atoms with van der Waals surface area (Å²) in [6.45, 7) is 4.66. The molecule has 1 saturated heterocycles. The monoisotopic (exact) mass is 365 g/mol. The predicted molar refractivity (Wildman–Crippen MR) is 101 cm³/mol. The normalized spacial score (nSPS) is 14.3. The van der Waals surface area contributed by atoms with Crippen molar-refractivity contribution in [1.29, 1.82) is 0 Å². The molecule has 4 N–H and O–H groups in total. The Morgan fingerprint density at radius 1 is 0.815 bits per heavy atom. The predicted octanol–water partition coefficient (Wildman–Crippen LogP) is 0.700. The minimum Gasteiger partial charge on any atom is -0.378 e. The van der Waals surface area contributed by atoms with Crippen LogP contribution >= 0.6 is 0 Å². The summed E-state index contributed by atoms with van der Waals surface area (Å²) in [5, 5.41) is 0. The molecule has 3 aromatic heterocycles. The molecule has 4 rings (SSSR count). The third-order valence-corrected chi connectivity index (χ3v) is 4.32. The molecule has 0 radical (unpaired) electrons. The molecule has 0 unspecified atom stereocenters. The van der Waals surface area contributed by atoms with Gasteiger partial charge >= 0.3 is 0 Å². The van der Waals surface area contributed by atoms with Gasteiger partial charge in [0.25, 0.3) is 0 Å². The molecule has 0 amide bonds. The van der Waals surface area contributed by atoms with Crippen molar-refractivity contribution in [3.05, 3.63) is 30.4 Å². The molecule has 4 heterocycles. The van der Waals surface area contributed by atoms with E-state index in [-0.39, 0.29) is 11.9 Å². The van der Waals surface area contributed by atoms with Crippen LogP contribution in [0.3, 0.4) is 0 Å². The van der Waals surface area contributed by atoms with E-state index in [0.29, 0.717) is 19.2 Å². The average molecular weight is 365 g/mol. The second-order valence-electron chi connectivity index (χ2n) is 6.11. The number of nitrogens with two attached hydrogens (primary N) is 2. The number of hydrogen-bond acceptors (Lipinski definition) is 10. The van der Waals surface area contributed by atoms with Gasteiger partial charge in [-0.3, -0.25) is 0 Å². The SMILES string of the molecule is Cc1c(-c2cnc(N)nc2)nc(N2CCOCC2)nc1-c1cnc(N)nc1. The van der Waals surface area contributed by atoms with Gasteiger partial charge in [-0.2, -0.15) is 0 Å². The average Bonchev–Trinajstić information content (AvgIpc) is 2.70. The molecule has 0 aromatic carbocycles.